The summed E-state index contributed by atoms with van der Waals surface area (Å²) in [5, 5.41) is 2.75. The fourth-order valence-corrected chi connectivity index (χ4v) is 3.37. The summed E-state index contributed by atoms with van der Waals surface area (Å²) in [4.78, 5) is 5.46. The van der Waals surface area contributed by atoms with Crippen molar-refractivity contribution in [2.75, 3.05) is 39.5 Å². The van der Waals surface area contributed by atoms with E-state index >= 15 is 0 Å². The van der Waals surface area contributed by atoms with E-state index in [1.165, 1.54) is 0 Å². The lowest BCUT2D eigenvalue weighted by Gasteiger charge is -2.33. The maximum atomic E-state index is 14.7. The Morgan fingerprint density at radius 1 is 1.17 bits per heavy atom. The zero-order chi connectivity index (χ0) is 21.2. The molecule has 29 heavy (non-hydrogen) atoms. The normalized spacial score (nSPS) is 17.9. The van der Waals surface area contributed by atoms with Crippen molar-refractivity contribution in [1.82, 2.24) is 19.7 Å². The Labute approximate surface area is 168 Å². The van der Waals surface area contributed by atoms with Crippen LogP contribution >= 0.6 is 11.6 Å². The molecule has 0 amide bonds. The summed E-state index contributed by atoms with van der Waals surface area (Å²) in [7, 11) is 0. The van der Waals surface area contributed by atoms with Crippen molar-refractivity contribution < 1.29 is 31.4 Å². The highest BCUT2D eigenvalue weighted by molar-refractivity contribution is 6.28. The summed E-state index contributed by atoms with van der Waals surface area (Å²) in [5.41, 5.74) is -4.46. The number of hydrogen-bond acceptors (Lipinski definition) is 5. The van der Waals surface area contributed by atoms with Crippen LogP contribution in [0.2, 0.25) is 5.28 Å². The highest BCUT2D eigenvalue weighted by atomic mass is 35.5. The first kappa shape index (κ1) is 21.7. The van der Waals surface area contributed by atoms with Gasteiger partial charge in [0.1, 0.15) is 30.3 Å². The van der Waals surface area contributed by atoms with Gasteiger partial charge in [0.2, 0.25) is 5.28 Å². The predicted molar refractivity (Wildman–Crippen MR) is 92.9 cm³/mol. The average molecular weight is 441 g/mol. The maximum Gasteiger partial charge on any atom is 0.417 e. The quantitative estimate of drug-likeness (QED) is 0.645. The van der Waals surface area contributed by atoms with Gasteiger partial charge in [0, 0.05) is 31.8 Å². The first-order valence-electron chi connectivity index (χ1n) is 8.69. The van der Waals surface area contributed by atoms with Gasteiger partial charge >= 0.3 is 6.18 Å². The van der Waals surface area contributed by atoms with Gasteiger partial charge in [-0.3, -0.25) is 4.90 Å². The molecular formula is C17H18ClF5N4O2. The smallest absolute Gasteiger partial charge is 0.417 e. The fourth-order valence-electron chi connectivity index (χ4n) is 3.11. The number of ether oxygens (including phenoxy) is 2. The molecule has 1 atom stereocenters. The van der Waals surface area contributed by atoms with Crippen molar-refractivity contribution in [3.8, 4) is 5.75 Å². The highest BCUT2D eigenvalue weighted by Crippen LogP contribution is 2.45. The van der Waals surface area contributed by atoms with Crippen LogP contribution < -0.4 is 4.74 Å². The monoisotopic (exact) mass is 440 g/mol. The second kappa shape index (κ2) is 8.41. The van der Waals surface area contributed by atoms with Gasteiger partial charge < -0.3 is 9.47 Å². The maximum absolute atomic E-state index is 14.7. The van der Waals surface area contributed by atoms with E-state index in [1.54, 1.807) is 0 Å². The second-order valence-corrected chi connectivity index (χ2v) is 6.91. The van der Waals surface area contributed by atoms with Crippen molar-refractivity contribution in [1.29, 1.82) is 0 Å². The third kappa shape index (κ3) is 4.31. The minimum Gasteiger partial charge on any atom is -0.492 e. The van der Waals surface area contributed by atoms with Gasteiger partial charge in [-0.1, -0.05) is 0 Å². The molecule has 1 aliphatic heterocycles. The summed E-state index contributed by atoms with van der Waals surface area (Å²) in [6.45, 7) is 3.75. The lowest BCUT2D eigenvalue weighted by atomic mass is 9.90. The van der Waals surface area contributed by atoms with Crippen LogP contribution in [-0.4, -0.2) is 65.3 Å². The molecule has 160 valence electrons. The molecule has 3 rings (SSSR count). The third-order valence-electron chi connectivity index (χ3n) is 4.76. The van der Waals surface area contributed by atoms with Crippen molar-refractivity contribution in [3.63, 3.8) is 0 Å². The van der Waals surface area contributed by atoms with Crippen molar-refractivity contribution in [2.24, 2.45) is 0 Å². The molecule has 1 fully saturated rings. The highest BCUT2D eigenvalue weighted by Gasteiger charge is 2.58. The summed E-state index contributed by atoms with van der Waals surface area (Å²) in [6, 6.07) is 1.43. The Morgan fingerprint density at radius 3 is 2.31 bits per heavy atom. The standard InChI is InChI=1S/C17H18ClF5N4O2/c1-16(17(21,22)23,27-15(18)24-10-25-27)14-12(19)8-11(9-13(14)20)29-7-4-26-2-5-28-6-3-26/h8-10H,2-7H2,1H3. The molecule has 6 nitrogen and oxygen atoms in total. The van der Waals surface area contributed by atoms with E-state index in [-0.39, 0.29) is 17.0 Å². The van der Waals surface area contributed by atoms with Crippen molar-refractivity contribution in [2.45, 2.75) is 18.6 Å². The molecule has 0 spiro atoms. The largest absolute Gasteiger partial charge is 0.492 e. The molecule has 1 aliphatic rings. The molecule has 1 unspecified atom stereocenters. The van der Waals surface area contributed by atoms with Crippen molar-refractivity contribution in [3.05, 3.63) is 40.9 Å². The number of halogens is 6. The van der Waals surface area contributed by atoms with Crippen LogP contribution in [0.15, 0.2) is 18.5 Å². The molecular weight excluding hydrogens is 423 g/mol. The number of benzene rings is 1. The van der Waals surface area contributed by atoms with E-state index in [0.29, 0.717) is 51.9 Å². The Balaban J connectivity index is 1.86. The molecule has 2 heterocycles. The van der Waals surface area contributed by atoms with Gasteiger partial charge in [-0.25, -0.2) is 18.4 Å². The van der Waals surface area contributed by atoms with E-state index in [9.17, 15) is 22.0 Å². The lowest BCUT2D eigenvalue weighted by molar-refractivity contribution is -0.199. The molecule has 0 saturated carbocycles. The number of morpholine rings is 1. The minimum absolute atomic E-state index is 0.115. The summed E-state index contributed by atoms with van der Waals surface area (Å²) < 4.78 is 81.8. The van der Waals surface area contributed by atoms with Gasteiger partial charge in [0.05, 0.1) is 18.8 Å². The third-order valence-corrected chi connectivity index (χ3v) is 5.02. The Kier molecular flexibility index (Phi) is 6.30. The van der Waals surface area contributed by atoms with Crippen LogP contribution in [-0.2, 0) is 10.3 Å². The fraction of sp³-hybridized carbons (Fsp3) is 0.529. The van der Waals surface area contributed by atoms with Gasteiger partial charge in [0.15, 0.2) is 5.54 Å². The summed E-state index contributed by atoms with van der Waals surface area (Å²) in [5.74, 6) is -3.08. The first-order valence-corrected chi connectivity index (χ1v) is 9.07. The summed E-state index contributed by atoms with van der Waals surface area (Å²) >= 11 is 5.66. The van der Waals surface area contributed by atoms with Gasteiger partial charge in [-0.2, -0.15) is 18.3 Å². The number of nitrogens with zero attached hydrogens (tertiary/aromatic N) is 4. The molecule has 2 aromatic rings. The number of hydrogen-bond donors (Lipinski definition) is 0. The lowest BCUT2D eigenvalue weighted by Crippen LogP contribution is -2.48. The SMILES string of the molecule is CC(c1c(F)cc(OCCN2CCOCC2)cc1F)(n1ncnc1Cl)C(F)(F)F. The zero-order valence-electron chi connectivity index (χ0n) is 15.3. The molecule has 0 bridgehead atoms. The summed E-state index contributed by atoms with van der Waals surface area (Å²) in [6.07, 6.45) is -4.35. The second-order valence-electron chi connectivity index (χ2n) is 6.58. The van der Waals surface area contributed by atoms with Gasteiger partial charge in [-0.05, 0) is 18.5 Å². The molecule has 1 saturated heterocycles. The number of aromatic nitrogens is 3. The van der Waals surface area contributed by atoms with E-state index in [0.717, 1.165) is 6.33 Å². The first-order chi connectivity index (χ1) is 13.6. The van der Waals surface area contributed by atoms with Crippen LogP contribution in [0.3, 0.4) is 0 Å². The molecule has 1 aromatic carbocycles. The van der Waals surface area contributed by atoms with E-state index in [2.05, 4.69) is 10.1 Å². The molecule has 1 aromatic heterocycles. The zero-order valence-corrected chi connectivity index (χ0v) is 16.1. The van der Waals surface area contributed by atoms with Crippen LogP contribution in [0.4, 0.5) is 22.0 Å². The van der Waals surface area contributed by atoms with Crippen LogP contribution in [0.1, 0.15) is 12.5 Å². The topological polar surface area (TPSA) is 52.4 Å². The van der Waals surface area contributed by atoms with Gasteiger partial charge in [0.25, 0.3) is 0 Å². The molecule has 0 aliphatic carbocycles. The average Bonchev–Trinajstić information content (AvgIpc) is 3.07. The van der Waals surface area contributed by atoms with Crippen LogP contribution in [0.25, 0.3) is 0 Å². The molecule has 0 radical (unpaired) electrons. The minimum atomic E-state index is -5.12. The van der Waals surface area contributed by atoms with Gasteiger partial charge in [-0.15, -0.1) is 0 Å². The van der Waals surface area contributed by atoms with E-state index in [1.807, 2.05) is 4.90 Å². The van der Waals surface area contributed by atoms with E-state index < -0.39 is 34.2 Å². The Bertz CT molecular complexity index is 834. The van der Waals surface area contributed by atoms with Crippen molar-refractivity contribution >= 4 is 11.6 Å². The number of rotatable bonds is 6. The van der Waals surface area contributed by atoms with Crippen LogP contribution in [0, 0.1) is 11.6 Å². The Morgan fingerprint density at radius 2 is 1.79 bits per heavy atom. The Hall–Kier alpha value is -1.98. The molecule has 0 N–H and O–H groups in total. The van der Waals surface area contributed by atoms with E-state index in [4.69, 9.17) is 21.1 Å². The number of alkyl halides is 3. The predicted octanol–water partition coefficient (Wildman–Crippen LogP) is 3.25. The molecule has 12 heteroatoms. The van der Waals surface area contributed by atoms with Crippen LogP contribution in [0.5, 0.6) is 5.75 Å².